The van der Waals surface area contributed by atoms with E-state index in [4.69, 9.17) is 11.6 Å². The van der Waals surface area contributed by atoms with E-state index in [1.54, 1.807) is 18.2 Å². The average molecular weight is 231 g/mol. The Morgan fingerprint density at radius 3 is 2.44 bits per heavy atom. The molecule has 0 aliphatic carbocycles. The molecule has 80 valence electrons. The first kappa shape index (κ1) is 10.8. The van der Waals surface area contributed by atoms with Gasteiger partial charge < -0.3 is 5.11 Å². The van der Waals surface area contributed by atoms with Crippen LogP contribution < -0.4 is 0 Å². The summed E-state index contributed by atoms with van der Waals surface area (Å²) in [7, 11) is 0. The van der Waals surface area contributed by atoms with Crippen LogP contribution in [0.4, 0.5) is 0 Å². The minimum absolute atomic E-state index is 0.193. The molecule has 2 aromatic rings. The predicted octanol–water partition coefficient (Wildman–Crippen LogP) is 4.11. The lowest BCUT2D eigenvalue weighted by atomic mass is 9.99. The summed E-state index contributed by atoms with van der Waals surface area (Å²) < 4.78 is 0. The average Bonchev–Trinajstić information content (AvgIpc) is 2.32. The van der Waals surface area contributed by atoms with Crippen LogP contribution in [0.2, 0.25) is 5.02 Å². The Kier molecular flexibility index (Phi) is 2.97. The highest BCUT2D eigenvalue weighted by Gasteiger charge is 2.07. The third-order valence-electron chi connectivity index (χ3n) is 2.41. The summed E-state index contributed by atoms with van der Waals surface area (Å²) in [5.41, 5.74) is 2.40. The smallest absolute Gasteiger partial charge is 0.123 e. The lowest BCUT2D eigenvalue weighted by molar-refractivity contribution is 0.473. The van der Waals surface area contributed by atoms with Crippen LogP contribution in [0.3, 0.4) is 0 Å². The first-order chi connectivity index (χ1) is 7.68. The van der Waals surface area contributed by atoms with Gasteiger partial charge in [0.25, 0.3) is 0 Å². The number of benzene rings is 2. The van der Waals surface area contributed by atoms with Gasteiger partial charge >= 0.3 is 0 Å². The summed E-state index contributed by atoms with van der Waals surface area (Å²) in [6, 6.07) is 14.6. The molecule has 2 rings (SSSR count). The standard InChI is InChI=1S/C14H11ClO/c1-10(11-5-3-2-4-6-11)13-9-12(15)7-8-14(13)16/h2-9,16H,1H2. The molecule has 0 heterocycles. The summed E-state index contributed by atoms with van der Waals surface area (Å²) in [5.74, 6) is 0.193. The Labute approximate surface area is 99.6 Å². The summed E-state index contributed by atoms with van der Waals surface area (Å²) in [6.45, 7) is 3.98. The van der Waals surface area contributed by atoms with E-state index in [1.165, 1.54) is 0 Å². The van der Waals surface area contributed by atoms with Crippen LogP contribution in [0.1, 0.15) is 11.1 Å². The van der Waals surface area contributed by atoms with E-state index in [2.05, 4.69) is 6.58 Å². The minimum Gasteiger partial charge on any atom is -0.507 e. The van der Waals surface area contributed by atoms with Gasteiger partial charge in [-0.25, -0.2) is 0 Å². The Morgan fingerprint density at radius 1 is 1.06 bits per heavy atom. The number of rotatable bonds is 2. The number of hydrogen-bond donors (Lipinski definition) is 1. The van der Waals surface area contributed by atoms with Gasteiger partial charge in [0.1, 0.15) is 5.75 Å². The van der Waals surface area contributed by atoms with Crippen molar-refractivity contribution in [3.8, 4) is 5.75 Å². The molecule has 0 aliphatic rings. The van der Waals surface area contributed by atoms with Crippen molar-refractivity contribution in [1.82, 2.24) is 0 Å². The number of hydrogen-bond acceptors (Lipinski definition) is 1. The maximum Gasteiger partial charge on any atom is 0.123 e. The molecular weight excluding hydrogens is 220 g/mol. The topological polar surface area (TPSA) is 20.2 Å². The molecule has 2 aromatic carbocycles. The molecule has 1 nitrogen and oxygen atoms in total. The molecule has 0 spiro atoms. The molecule has 0 atom stereocenters. The fourth-order valence-corrected chi connectivity index (χ4v) is 1.72. The molecule has 0 aliphatic heterocycles. The second kappa shape index (κ2) is 4.42. The molecule has 0 radical (unpaired) electrons. The van der Waals surface area contributed by atoms with Crippen LogP contribution in [-0.4, -0.2) is 5.11 Å². The predicted molar refractivity (Wildman–Crippen MR) is 67.7 cm³/mol. The zero-order valence-corrected chi connectivity index (χ0v) is 9.41. The van der Waals surface area contributed by atoms with E-state index in [-0.39, 0.29) is 5.75 Å². The van der Waals surface area contributed by atoms with Crippen molar-refractivity contribution in [2.45, 2.75) is 0 Å². The van der Waals surface area contributed by atoms with Crippen molar-refractivity contribution >= 4 is 17.2 Å². The Balaban J connectivity index is 2.46. The zero-order valence-electron chi connectivity index (χ0n) is 8.65. The molecule has 0 saturated heterocycles. The van der Waals surface area contributed by atoms with Gasteiger partial charge in [0, 0.05) is 10.6 Å². The Hall–Kier alpha value is -1.73. The summed E-state index contributed by atoms with van der Waals surface area (Å²) in [4.78, 5) is 0. The van der Waals surface area contributed by atoms with Gasteiger partial charge in [-0.2, -0.15) is 0 Å². The quantitative estimate of drug-likeness (QED) is 0.823. The molecule has 0 unspecified atom stereocenters. The molecule has 0 saturated carbocycles. The summed E-state index contributed by atoms with van der Waals surface area (Å²) in [6.07, 6.45) is 0. The maximum atomic E-state index is 9.75. The third-order valence-corrected chi connectivity index (χ3v) is 2.64. The van der Waals surface area contributed by atoms with Gasteiger partial charge in [-0.05, 0) is 29.3 Å². The number of phenolic OH excluding ortho intramolecular Hbond substituents is 1. The molecule has 16 heavy (non-hydrogen) atoms. The molecule has 0 amide bonds. The van der Waals surface area contributed by atoms with Crippen LogP contribution >= 0.6 is 11.6 Å². The molecular formula is C14H11ClO. The minimum atomic E-state index is 0.193. The Bertz CT molecular complexity index is 518. The zero-order chi connectivity index (χ0) is 11.5. The van der Waals surface area contributed by atoms with Crippen molar-refractivity contribution in [3.05, 3.63) is 71.3 Å². The highest BCUT2D eigenvalue weighted by Crippen LogP contribution is 2.30. The van der Waals surface area contributed by atoms with Crippen LogP contribution in [0.25, 0.3) is 5.57 Å². The Morgan fingerprint density at radius 2 is 1.75 bits per heavy atom. The SMILES string of the molecule is C=C(c1ccccc1)c1cc(Cl)ccc1O. The van der Waals surface area contributed by atoms with E-state index >= 15 is 0 Å². The lowest BCUT2D eigenvalue weighted by Gasteiger charge is -2.08. The van der Waals surface area contributed by atoms with Crippen LogP contribution in [0.15, 0.2) is 55.1 Å². The van der Waals surface area contributed by atoms with Crippen molar-refractivity contribution in [1.29, 1.82) is 0 Å². The third kappa shape index (κ3) is 2.10. The maximum absolute atomic E-state index is 9.75. The highest BCUT2D eigenvalue weighted by molar-refractivity contribution is 6.30. The van der Waals surface area contributed by atoms with E-state index in [1.807, 2.05) is 30.3 Å². The second-order valence-corrected chi connectivity index (χ2v) is 3.94. The number of phenols is 1. The number of halogens is 1. The molecule has 2 heteroatoms. The first-order valence-corrected chi connectivity index (χ1v) is 5.29. The highest BCUT2D eigenvalue weighted by atomic mass is 35.5. The van der Waals surface area contributed by atoms with Gasteiger partial charge in [0.2, 0.25) is 0 Å². The van der Waals surface area contributed by atoms with E-state index in [0.717, 1.165) is 11.1 Å². The van der Waals surface area contributed by atoms with Gasteiger partial charge in [0.15, 0.2) is 0 Å². The fraction of sp³-hybridized carbons (Fsp3) is 0. The van der Waals surface area contributed by atoms with Gasteiger partial charge in [-0.15, -0.1) is 0 Å². The van der Waals surface area contributed by atoms with Crippen LogP contribution in [0.5, 0.6) is 5.75 Å². The summed E-state index contributed by atoms with van der Waals surface area (Å²) >= 11 is 5.90. The van der Waals surface area contributed by atoms with Crippen molar-refractivity contribution in [2.75, 3.05) is 0 Å². The van der Waals surface area contributed by atoms with E-state index in [0.29, 0.717) is 10.6 Å². The van der Waals surface area contributed by atoms with Gasteiger partial charge in [-0.1, -0.05) is 48.5 Å². The van der Waals surface area contributed by atoms with E-state index < -0.39 is 0 Å². The largest absolute Gasteiger partial charge is 0.507 e. The van der Waals surface area contributed by atoms with Gasteiger partial charge in [-0.3, -0.25) is 0 Å². The fourth-order valence-electron chi connectivity index (χ4n) is 1.54. The molecule has 0 fully saturated rings. The first-order valence-electron chi connectivity index (χ1n) is 4.91. The van der Waals surface area contributed by atoms with Crippen molar-refractivity contribution < 1.29 is 5.11 Å². The summed E-state index contributed by atoms with van der Waals surface area (Å²) in [5, 5.41) is 10.3. The van der Waals surface area contributed by atoms with Crippen molar-refractivity contribution in [2.24, 2.45) is 0 Å². The van der Waals surface area contributed by atoms with E-state index in [9.17, 15) is 5.11 Å². The molecule has 0 aromatic heterocycles. The normalized spacial score (nSPS) is 10.1. The lowest BCUT2D eigenvalue weighted by Crippen LogP contribution is -1.86. The molecule has 0 bridgehead atoms. The van der Waals surface area contributed by atoms with Gasteiger partial charge in [0.05, 0.1) is 0 Å². The second-order valence-electron chi connectivity index (χ2n) is 3.51. The van der Waals surface area contributed by atoms with Crippen molar-refractivity contribution in [3.63, 3.8) is 0 Å². The van der Waals surface area contributed by atoms with Crippen LogP contribution in [0, 0.1) is 0 Å². The monoisotopic (exact) mass is 230 g/mol. The van der Waals surface area contributed by atoms with Crippen LogP contribution in [-0.2, 0) is 0 Å². The number of aromatic hydroxyl groups is 1. The molecule has 1 N–H and O–H groups in total.